The van der Waals surface area contributed by atoms with Crippen LogP contribution in [0.2, 0.25) is 5.02 Å². The number of carbonyl (C=O) groups is 1. The molecule has 0 bridgehead atoms. The highest BCUT2D eigenvalue weighted by Crippen LogP contribution is 2.23. The van der Waals surface area contributed by atoms with Gasteiger partial charge in [0, 0.05) is 23.7 Å². The van der Waals surface area contributed by atoms with Gasteiger partial charge in [0.05, 0.1) is 12.4 Å². The van der Waals surface area contributed by atoms with Crippen molar-refractivity contribution in [2.75, 3.05) is 17.7 Å². The first-order chi connectivity index (χ1) is 15.9. The third-order valence-corrected chi connectivity index (χ3v) is 6.23. The van der Waals surface area contributed by atoms with Crippen LogP contribution in [0.25, 0.3) is 0 Å². The van der Waals surface area contributed by atoms with Gasteiger partial charge in [0.15, 0.2) is 5.16 Å². The predicted octanol–water partition coefficient (Wildman–Crippen LogP) is 5.79. The smallest absolute Gasteiger partial charge is 0.234 e. The molecule has 1 aromatic heterocycles. The van der Waals surface area contributed by atoms with Gasteiger partial charge in [-0.3, -0.25) is 4.79 Å². The SMILES string of the molecule is C=CCn1c(CCCOc2ccc(Cl)cc2C)nnc1SCC(=O)Nc1ccc(C)cc1C. The number of nitrogens with one attached hydrogen (secondary N) is 1. The fraction of sp³-hybridized carbons (Fsp3) is 0.320. The maximum absolute atomic E-state index is 12.5. The Morgan fingerprint density at radius 3 is 2.73 bits per heavy atom. The number of benzene rings is 2. The molecule has 0 aliphatic rings. The molecule has 174 valence electrons. The Morgan fingerprint density at radius 1 is 1.18 bits per heavy atom. The van der Waals surface area contributed by atoms with Gasteiger partial charge >= 0.3 is 0 Å². The summed E-state index contributed by atoms with van der Waals surface area (Å²) in [6, 6.07) is 11.6. The fourth-order valence-corrected chi connectivity index (χ4v) is 4.37. The van der Waals surface area contributed by atoms with Crippen LogP contribution in [0.4, 0.5) is 5.69 Å². The van der Waals surface area contributed by atoms with Crippen molar-refractivity contribution >= 4 is 35.0 Å². The molecule has 8 heteroatoms. The average Bonchev–Trinajstić information content (AvgIpc) is 3.15. The van der Waals surface area contributed by atoms with Gasteiger partial charge in [-0.15, -0.1) is 16.8 Å². The van der Waals surface area contributed by atoms with Crippen LogP contribution in [0.1, 0.15) is 28.9 Å². The van der Waals surface area contributed by atoms with E-state index in [-0.39, 0.29) is 11.7 Å². The number of rotatable bonds is 11. The molecule has 1 amide bonds. The molecule has 0 saturated heterocycles. The van der Waals surface area contributed by atoms with Gasteiger partial charge in [-0.2, -0.15) is 0 Å². The first kappa shape index (κ1) is 24.9. The molecule has 3 aromatic rings. The summed E-state index contributed by atoms with van der Waals surface area (Å²) in [4.78, 5) is 12.5. The van der Waals surface area contributed by atoms with E-state index < -0.39 is 0 Å². The second-order valence-corrected chi connectivity index (χ2v) is 9.19. The summed E-state index contributed by atoms with van der Waals surface area (Å²) in [7, 11) is 0. The molecule has 0 aliphatic heterocycles. The zero-order valence-corrected chi connectivity index (χ0v) is 20.8. The number of hydrogen-bond acceptors (Lipinski definition) is 5. The lowest BCUT2D eigenvalue weighted by atomic mass is 10.1. The minimum atomic E-state index is -0.0756. The summed E-state index contributed by atoms with van der Waals surface area (Å²) in [5, 5.41) is 13.0. The van der Waals surface area contributed by atoms with E-state index >= 15 is 0 Å². The van der Waals surface area contributed by atoms with Crippen molar-refractivity contribution in [2.45, 2.75) is 45.3 Å². The third kappa shape index (κ3) is 7.11. The Morgan fingerprint density at radius 2 is 2.00 bits per heavy atom. The predicted molar refractivity (Wildman–Crippen MR) is 135 cm³/mol. The van der Waals surface area contributed by atoms with Crippen LogP contribution in [0.15, 0.2) is 54.2 Å². The van der Waals surface area contributed by atoms with E-state index in [0.717, 1.165) is 34.8 Å². The van der Waals surface area contributed by atoms with Gasteiger partial charge in [0.1, 0.15) is 11.6 Å². The number of aryl methyl sites for hydroxylation is 4. The van der Waals surface area contributed by atoms with Crippen molar-refractivity contribution in [1.29, 1.82) is 0 Å². The molecule has 0 unspecified atom stereocenters. The maximum Gasteiger partial charge on any atom is 0.234 e. The highest BCUT2D eigenvalue weighted by Gasteiger charge is 2.14. The molecule has 33 heavy (non-hydrogen) atoms. The lowest BCUT2D eigenvalue weighted by Gasteiger charge is -2.11. The number of carbonyl (C=O) groups excluding carboxylic acids is 1. The zero-order chi connectivity index (χ0) is 23.8. The quantitative estimate of drug-likeness (QED) is 0.212. The van der Waals surface area contributed by atoms with Crippen molar-refractivity contribution in [2.24, 2.45) is 0 Å². The molecule has 1 heterocycles. The van der Waals surface area contributed by atoms with Crippen molar-refractivity contribution in [3.8, 4) is 5.75 Å². The number of ether oxygens (including phenoxy) is 1. The lowest BCUT2D eigenvalue weighted by Crippen LogP contribution is -2.15. The summed E-state index contributed by atoms with van der Waals surface area (Å²) < 4.78 is 7.87. The zero-order valence-electron chi connectivity index (χ0n) is 19.2. The van der Waals surface area contributed by atoms with Gasteiger partial charge in [-0.25, -0.2) is 0 Å². The first-order valence-electron chi connectivity index (χ1n) is 10.8. The lowest BCUT2D eigenvalue weighted by molar-refractivity contribution is -0.113. The maximum atomic E-state index is 12.5. The van der Waals surface area contributed by atoms with Gasteiger partial charge in [0.25, 0.3) is 0 Å². The Labute approximate surface area is 204 Å². The van der Waals surface area contributed by atoms with Crippen LogP contribution >= 0.6 is 23.4 Å². The number of thioether (sulfide) groups is 1. The van der Waals surface area contributed by atoms with Gasteiger partial charge in [-0.1, -0.05) is 47.1 Å². The van der Waals surface area contributed by atoms with Gasteiger partial charge in [0.2, 0.25) is 5.91 Å². The third-order valence-electron chi connectivity index (χ3n) is 5.03. The normalized spacial score (nSPS) is 10.8. The van der Waals surface area contributed by atoms with E-state index in [4.69, 9.17) is 16.3 Å². The van der Waals surface area contributed by atoms with Crippen LogP contribution in [-0.2, 0) is 17.8 Å². The van der Waals surface area contributed by atoms with E-state index in [1.54, 1.807) is 6.08 Å². The monoisotopic (exact) mass is 484 g/mol. The molecule has 0 saturated carbocycles. The Hall–Kier alpha value is -2.77. The van der Waals surface area contributed by atoms with Crippen molar-refractivity contribution in [3.05, 3.63) is 76.6 Å². The number of hydrogen-bond donors (Lipinski definition) is 1. The van der Waals surface area contributed by atoms with E-state index in [0.29, 0.717) is 29.8 Å². The molecule has 6 nitrogen and oxygen atoms in total. The van der Waals surface area contributed by atoms with E-state index in [1.807, 2.05) is 61.7 Å². The minimum absolute atomic E-state index is 0.0756. The van der Waals surface area contributed by atoms with Crippen LogP contribution < -0.4 is 10.1 Å². The summed E-state index contributed by atoms with van der Waals surface area (Å²) in [6.45, 7) is 11.0. The Bertz CT molecular complexity index is 1130. The standard InChI is InChI=1S/C25H29ClN4O2S/c1-5-12-30-23(7-6-13-32-22-11-9-20(26)15-19(22)4)28-29-25(30)33-16-24(31)27-21-10-8-17(2)14-18(21)3/h5,8-11,14-15H,1,6-7,12-13,16H2,2-4H3,(H,27,31). The summed E-state index contributed by atoms with van der Waals surface area (Å²) in [6.07, 6.45) is 3.30. The number of halogens is 1. The van der Waals surface area contributed by atoms with Crippen LogP contribution in [0.5, 0.6) is 5.75 Å². The van der Waals surface area contributed by atoms with Crippen molar-refractivity contribution in [1.82, 2.24) is 14.8 Å². The minimum Gasteiger partial charge on any atom is -0.493 e. The second-order valence-electron chi connectivity index (χ2n) is 7.82. The van der Waals surface area contributed by atoms with Crippen molar-refractivity contribution in [3.63, 3.8) is 0 Å². The molecule has 0 spiro atoms. The number of amides is 1. The van der Waals surface area contributed by atoms with E-state index in [9.17, 15) is 4.79 Å². The van der Waals surface area contributed by atoms with Crippen LogP contribution in [-0.4, -0.2) is 33.0 Å². The first-order valence-corrected chi connectivity index (χ1v) is 12.2. The van der Waals surface area contributed by atoms with Crippen LogP contribution in [0.3, 0.4) is 0 Å². The number of aromatic nitrogens is 3. The fourth-order valence-electron chi connectivity index (χ4n) is 3.38. The summed E-state index contributed by atoms with van der Waals surface area (Å²) in [5.41, 5.74) is 4.05. The van der Waals surface area contributed by atoms with E-state index in [1.165, 1.54) is 17.3 Å². The molecular formula is C25H29ClN4O2S. The largest absolute Gasteiger partial charge is 0.493 e. The average molecular weight is 485 g/mol. The number of anilines is 1. The molecule has 2 aromatic carbocycles. The Kier molecular flexibility index (Phi) is 8.97. The number of nitrogens with zero attached hydrogens (tertiary/aromatic N) is 3. The molecule has 3 rings (SSSR count). The van der Waals surface area contributed by atoms with Crippen molar-refractivity contribution < 1.29 is 9.53 Å². The van der Waals surface area contributed by atoms with Gasteiger partial charge < -0.3 is 14.6 Å². The molecular weight excluding hydrogens is 456 g/mol. The molecule has 1 N–H and O–H groups in total. The van der Waals surface area contributed by atoms with E-state index in [2.05, 4.69) is 22.1 Å². The highest BCUT2D eigenvalue weighted by molar-refractivity contribution is 7.99. The topological polar surface area (TPSA) is 69.0 Å². The molecule has 0 aliphatic carbocycles. The number of allylic oxidation sites excluding steroid dienone is 1. The van der Waals surface area contributed by atoms with Crippen LogP contribution in [0, 0.1) is 20.8 Å². The molecule has 0 atom stereocenters. The highest BCUT2D eigenvalue weighted by atomic mass is 35.5. The molecule has 0 fully saturated rings. The van der Waals surface area contributed by atoms with Gasteiger partial charge in [-0.05, 0) is 62.6 Å². The summed E-state index contributed by atoms with van der Waals surface area (Å²) in [5.74, 6) is 1.86. The summed E-state index contributed by atoms with van der Waals surface area (Å²) >= 11 is 7.37. The Balaban J connectivity index is 1.53. The molecule has 0 radical (unpaired) electrons. The second kappa shape index (κ2) is 11.9.